The lowest BCUT2D eigenvalue weighted by molar-refractivity contribution is -0.160. The van der Waals surface area contributed by atoms with E-state index in [2.05, 4.69) is 15.6 Å². The predicted molar refractivity (Wildman–Crippen MR) is 144 cm³/mol. The number of ketones is 1. The molecule has 1 fully saturated rings. The first-order valence-electron chi connectivity index (χ1n) is 12.5. The standard InChI is InChI=1S/C29H27ClFN3O5/c30-24-22(16-39-28(27(37)38)13-7-2-8-14-28)33-17-29(24,31)25(35)23(18-9-3-1-4-10-18)34-26(36)20-15-32-21-12-6-5-11-19(20)21/h1-13,15,22-24,32-33H,14,16-17H2,(H,34,36)(H,37,38). The van der Waals surface area contributed by atoms with E-state index in [4.69, 9.17) is 16.3 Å². The number of rotatable bonds is 9. The highest BCUT2D eigenvalue weighted by molar-refractivity contribution is 6.25. The summed E-state index contributed by atoms with van der Waals surface area (Å²) in [6.45, 7) is -0.661. The van der Waals surface area contributed by atoms with Crippen LogP contribution in [0, 0.1) is 0 Å². The smallest absolute Gasteiger partial charge is 0.340 e. The summed E-state index contributed by atoms with van der Waals surface area (Å²) in [5.74, 6) is -2.64. The number of alkyl halides is 2. The molecule has 4 N–H and O–H groups in total. The Morgan fingerprint density at radius 2 is 1.87 bits per heavy atom. The molecule has 8 nitrogen and oxygen atoms in total. The van der Waals surface area contributed by atoms with Crippen LogP contribution in [0.2, 0.25) is 0 Å². The first-order chi connectivity index (χ1) is 18.7. The van der Waals surface area contributed by atoms with Crippen molar-refractivity contribution in [3.8, 4) is 0 Å². The number of ether oxygens (including phenoxy) is 1. The van der Waals surface area contributed by atoms with E-state index in [1.807, 2.05) is 12.1 Å². The molecule has 1 aliphatic carbocycles. The van der Waals surface area contributed by atoms with Gasteiger partial charge in [-0.25, -0.2) is 9.18 Å². The van der Waals surface area contributed by atoms with Crippen molar-refractivity contribution in [3.05, 3.63) is 96.2 Å². The van der Waals surface area contributed by atoms with Crippen molar-refractivity contribution < 1.29 is 28.6 Å². The normalized spacial score (nSPS) is 26.9. The van der Waals surface area contributed by atoms with Crippen LogP contribution in [0.15, 0.2) is 85.1 Å². The number of H-pyrrole nitrogens is 1. The fourth-order valence-electron chi connectivity index (χ4n) is 4.99. The molecule has 2 aromatic carbocycles. The van der Waals surface area contributed by atoms with Gasteiger partial charge in [-0.2, -0.15) is 0 Å². The van der Waals surface area contributed by atoms with Gasteiger partial charge < -0.3 is 25.5 Å². The number of para-hydroxylation sites is 1. The van der Waals surface area contributed by atoms with Crippen LogP contribution in [-0.4, -0.2) is 63.6 Å². The second kappa shape index (κ2) is 10.8. The van der Waals surface area contributed by atoms with Crippen LogP contribution < -0.4 is 10.6 Å². The van der Waals surface area contributed by atoms with E-state index in [-0.39, 0.29) is 13.0 Å². The summed E-state index contributed by atoms with van der Waals surface area (Å²) in [7, 11) is 0. The quantitative estimate of drug-likeness (QED) is 0.300. The maximum atomic E-state index is 16.5. The van der Waals surface area contributed by atoms with Crippen molar-refractivity contribution in [3.63, 3.8) is 0 Å². The van der Waals surface area contributed by atoms with Gasteiger partial charge in [-0.15, -0.1) is 11.6 Å². The van der Waals surface area contributed by atoms with Crippen molar-refractivity contribution in [2.45, 2.75) is 35.2 Å². The lowest BCUT2D eigenvalue weighted by Gasteiger charge is -2.30. The van der Waals surface area contributed by atoms with Crippen LogP contribution in [0.25, 0.3) is 10.9 Å². The molecule has 5 rings (SSSR count). The first-order valence-corrected chi connectivity index (χ1v) is 12.9. The highest BCUT2D eigenvalue weighted by Crippen LogP contribution is 2.36. The first kappa shape index (κ1) is 26.8. The summed E-state index contributed by atoms with van der Waals surface area (Å²) in [6.07, 6.45) is 8.02. The Kier molecular flexibility index (Phi) is 7.40. The number of amides is 1. The monoisotopic (exact) mass is 551 g/mol. The average Bonchev–Trinajstić information content (AvgIpc) is 3.52. The number of carboxylic acid groups (broad SMARTS) is 1. The summed E-state index contributed by atoms with van der Waals surface area (Å²) >= 11 is 6.53. The van der Waals surface area contributed by atoms with Crippen molar-refractivity contribution in [1.29, 1.82) is 0 Å². The van der Waals surface area contributed by atoms with Gasteiger partial charge in [-0.1, -0.05) is 66.8 Å². The van der Waals surface area contributed by atoms with Crippen LogP contribution >= 0.6 is 11.6 Å². The van der Waals surface area contributed by atoms with Crippen LogP contribution in [0.3, 0.4) is 0 Å². The number of hydrogen-bond acceptors (Lipinski definition) is 5. The Morgan fingerprint density at radius 3 is 2.59 bits per heavy atom. The molecule has 39 heavy (non-hydrogen) atoms. The van der Waals surface area contributed by atoms with E-state index in [1.165, 1.54) is 6.08 Å². The van der Waals surface area contributed by atoms with E-state index in [1.54, 1.807) is 66.9 Å². The number of aromatic nitrogens is 1. The number of halogens is 2. The zero-order valence-electron chi connectivity index (χ0n) is 20.8. The number of benzene rings is 2. The Bertz CT molecular complexity index is 1460. The molecule has 1 aliphatic heterocycles. The zero-order chi connectivity index (χ0) is 27.6. The third-order valence-corrected chi connectivity index (χ3v) is 7.89. The van der Waals surface area contributed by atoms with Crippen molar-refractivity contribution >= 4 is 40.2 Å². The molecular formula is C29H27ClFN3O5. The Hall–Kier alpha value is -3.79. The Labute approximate surface area is 228 Å². The molecule has 1 amide bonds. The molecule has 5 unspecified atom stereocenters. The van der Waals surface area contributed by atoms with E-state index in [0.29, 0.717) is 16.5 Å². The van der Waals surface area contributed by atoms with E-state index < -0.39 is 52.9 Å². The molecule has 202 valence electrons. The van der Waals surface area contributed by atoms with Gasteiger partial charge in [0.15, 0.2) is 11.4 Å². The summed E-state index contributed by atoms with van der Waals surface area (Å²) in [6, 6.07) is 13.4. The molecule has 2 aliphatic rings. The second-order valence-electron chi connectivity index (χ2n) is 9.68. The van der Waals surface area contributed by atoms with Gasteiger partial charge in [0.2, 0.25) is 5.67 Å². The summed E-state index contributed by atoms with van der Waals surface area (Å²) in [5.41, 5.74) is -2.70. The molecule has 2 heterocycles. The minimum atomic E-state index is -2.57. The maximum absolute atomic E-state index is 16.5. The van der Waals surface area contributed by atoms with E-state index in [9.17, 15) is 19.5 Å². The highest BCUT2D eigenvalue weighted by atomic mass is 35.5. The molecule has 1 saturated heterocycles. The fraction of sp³-hybridized carbons (Fsp3) is 0.276. The Morgan fingerprint density at radius 1 is 1.13 bits per heavy atom. The highest BCUT2D eigenvalue weighted by Gasteiger charge is 2.56. The number of carbonyl (C=O) groups is 3. The topological polar surface area (TPSA) is 121 Å². The SMILES string of the molecule is O=C(NC(C(=O)C1(F)CNC(COC2(C(=O)O)C=CC=CC2)C1Cl)c1ccccc1)c1c[nH]c2ccccc12. The van der Waals surface area contributed by atoms with Crippen LogP contribution in [0.4, 0.5) is 4.39 Å². The summed E-state index contributed by atoms with van der Waals surface area (Å²) in [5, 5.41) is 14.6. The zero-order valence-corrected chi connectivity index (χ0v) is 21.5. The van der Waals surface area contributed by atoms with Gasteiger partial charge in [0.05, 0.1) is 23.6 Å². The minimum Gasteiger partial charge on any atom is -0.479 e. The largest absolute Gasteiger partial charge is 0.479 e. The van der Waals surface area contributed by atoms with Gasteiger partial charge in [-0.3, -0.25) is 9.59 Å². The third-order valence-electron chi connectivity index (χ3n) is 7.24. The molecule has 3 aromatic rings. The number of aromatic amines is 1. The number of carboxylic acids is 1. The molecule has 0 bridgehead atoms. The van der Waals surface area contributed by atoms with Gasteiger partial charge in [-0.05, 0) is 17.7 Å². The number of nitrogens with one attached hydrogen (secondary N) is 3. The van der Waals surface area contributed by atoms with Crippen molar-refractivity contribution in [2.75, 3.05) is 13.2 Å². The van der Waals surface area contributed by atoms with Crippen LogP contribution in [0.5, 0.6) is 0 Å². The van der Waals surface area contributed by atoms with Crippen LogP contribution in [0.1, 0.15) is 28.4 Å². The maximum Gasteiger partial charge on any atom is 0.340 e. The number of Topliss-reactive ketones (excluding diaryl/α,β-unsaturated/α-hetero) is 1. The number of carbonyl (C=O) groups excluding carboxylic acids is 2. The van der Waals surface area contributed by atoms with E-state index in [0.717, 1.165) is 5.52 Å². The number of allylic oxidation sites excluding steroid dienone is 2. The lowest BCUT2D eigenvalue weighted by Crippen LogP contribution is -2.51. The van der Waals surface area contributed by atoms with Gasteiger partial charge >= 0.3 is 5.97 Å². The molecule has 1 aromatic heterocycles. The van der Waals surface area contributed by atoms with Crippen LogP contribution in [-0.2, 0) is 14.3 Å². The predicted octanol–water partition coefficient (Wildman–Crippen LogP) is 3.85. The fourth-order valence-corrected chi connectivity index (χ4v) is 5.33. The van der Waals surface area contributed by atoms with Gasteiger partial charge in [0.1, 0.15) is 6.04 Å². The van der Waals surface area contributed by atoms with Gasteiger partial charge in [0.25, 0.3) is 5.91 Å². The second-order valence-corrected chi connectivity index (χ2v) is 10.1. The lowest BCUT2D eigenvalue weighted by atomic mass is 9.88. The molecule has 10 heteroatoms. The third kappa shape index (κ3) is 5.01. The average molecular weight is 552 g/mol. The molecular weight excluding hydrogens is 525 g/mol. The van der Waals surface area contributed by atoms with E-state index >= 15 is 4.39 Å². The number of hydrogen-bond donors (Lipinski definition) is 4. The van der Waals surface area contributed by atoms with Gasteiger partial charge in [0, 0.05) is 30.1 Å². The van der Waals surface area contributed by atoms with Crippen molar-refractivity contribution in [2.24, 2.45) is 0 Å². The van der Waals surface area contributed by atoms with Crippen molar-refractivity contribution in [1.82, 2.24) is 15.6 Å². The number of aliphatic carboxylic acids is 1. The molecule has 0 spiro atoms. The molecule has 0 radical (unpaired) electrons. The summed E-state index contributed by atoms with van der Waals surface area (Å²) < 4.78 is 22.2. The minimum absolute atomic E-state index is 0.105. The summed E-state index contributed by atoms with van der Waals surface area (Å²) in [4.78, 5) is 42.0. The molecule has 0 saturated carbocycles. The Balaban J connectivity index is 1.37. The molecule has 5 atom stereocenters. The number of fused-ring (bicyclic) bond motifs is 1.